The van der Waals surface area contributed by atoms with Crippen LogP contribution < -0.4 is 0 Å². The van der Waals surface area contributed by atoms with Crippen LogP contribution in [0.1, 0.15) is 44.2 Å². The van der Waals surface area contributed by atoms with Crippen molar-refractivity contribution in [1.29, 1.82) is 0 Å². The van der Waals surface area contributed by atoms with Gasteiger partial charge in [-0.1, -0.05) is 24.3 Å². The summed E-state index contributed by atoms with van der Waals surface area (Å²) in [4.78, 5) is 11.8. The van der Waals surface area contributed by atoms with Crippen LogP contribution in [0.3, 0.4) is 0 Å². The van der Waals surface area contributed by atoms with Crippen LogP contribution in [0, 0.1) is 0 Å². The van der Waals surface area contributed by atoms with Crippen LogP contribution >= 0.6 is 0 Å². The first-order chi connectivity index (χ1) is 8.56. The lowest BCUT2D eigenvalue weighted by Gasteiger charge is -2.32. The van der Waals surface area contributed by atoms with Crippen molar-refractivity contribution in [1.82, 2.24) is 0 Å². The maximum absolute atomic E-state index is 11.8. The van der Waals surface area contributed by atoms with Gasteiger partial charge in [0.05, 0.1) is 6.10 Å². The van der Waals surface area contributed by atoms with Crippen LogP contribution in [-0.4, -0.2) is 17.2 Å². The molecule has 0 radical (unpaired) electrons. The van der Waals surface area contributed by atoms with Crippen molar-refractivity contribution in [2.24, 2.45) is 0 Å². The number of hydrogen-bond acceptors (Lipinski definition) is 2. The van der Waals surface area contributed by atoms with E-state index in [2.05, 4.69) is 0 Å². The predicted octanol–water partition coefficient (Wildman–Crippen LogP) is 3.12. The molecule has 98 valence electrons. The van der Waals surface area contributed by atoms with E-state index in [-0.39, 0.29) is 6.10 Å². The molecule has 0 aromatic heterocycles. The molecule has 1 unspecified atom stereocenters. The highest BCUT2D eigenvalue weighted by atomic mass is 16.5. The van der Waals surface area contributed by atoms with Crippen LogP contribution in [0.4, 0.5) is 0 Å². The molecule has 18 heavy (non-hydrogen) atoms. The molecule has 1 aliphatic carbocycles. The second kappa shape index (κ2) is 5.11. The first-order valence-electron chi connectivity index (χ1n) is 6.56. The van der Waals surface area contributed by atoms with E-state index in [0.717, 1.165) is 30.4 Å². The Hall–Kier alpha value is -1.35. The highest BCUT2D eigenvalue weighted by Gasteiger charge is 2.44. The molecule has 0 saturated carbocycles. The summed E-state index contributed by atoms with van der Waals surface area (Å²) in [6.45, 7) is 3.77. The van der Waals surface area contributed by atoms with Crippen molar-refractivity contribution in [2.75, 3.05) is 0 Å². The zero-order valence-corrected chi connectivity index (χ0v) is 11.0. The minimum Gasteiger partial charge on any atom is -0.479 e. The summed E-state index contributed by atoms with van der Waals surface area (Å²) in [6.07, 6.45) is 3.29. The van der Waals surface area contributed by atoms with Gasteiger partial charge in [0.15, 0.2) is 5.60 Å². The lowest BCUT2D eigenvalue weighted by Crippen LogP contribution is -2.41. The average Bonchev–Trinajstić information content (AvgIpc) is 2.50. The summed E-state index contributed by atoms with van der Waals surface area (Å²) in [6, 6.07) is 7.77. The molecule has 0 spiro atoms. The van der Waals surface area contributed by atoms with Gasteiger partial charge in [0.2, 0.25) is 0 Å². The van der Waals surface area contributed by atoms with Crippen LogP contribution in [0.15, 0.2) is 24.3 Å². The van der Waals surface area contributed by atoms with Gasteiger partial charge < -0.3 is 9.84 Å². The Morgan fingerprint density at radius 2 is 2.06 bits per heavy atom. The van der Waals surface area contributed by atoms with E-state index >= 15 is 0 Å². The standard InChI is InChI=1S/C15H20O3/c1-11(2)18-15(14(16)17)10-6-5-8-12-7-3-4-9-13(12)15/h3-4,7,9,11H,5-6,8,10H2,1-2H3,(H,16,17). The maximum atomic E-state index is 11.8. The van der Waals surface area contributed by atoms with Crippen LogP contribution in [0.5, 0.6) is 0 Å². The Morgan fingerprint density at radius 1 is 1.33 bits per heavy atom. The zero-order chi connectivity index (χ0) is 13.2. The van der Waals surface area contributed by atoms with Crippen molar-refractivity contribution in [3.05, 3.63) is 35.4 Å². The predicted molar refractivity (Wildman–Crippen MR) is 69.5 cm³/mol. The normalized spacial score (nSPS) is 23.5. The Labute approximate surface area is 108 Å². The molecule has 0 aliphatic heterocycles. The Kier molecular flexibility index (Phi) is 3.71. The molecule has 0 amide bonds. The second-order valence-corrected chi connectivity index (χ2v) is 5.16. The summed E-state index contributed by atoms with van der Waals surface area (Å²) in [5.41, 5.74) is 0.781. The van der Waals surface area contributed by atoms with Gasteiger partial charge >= 0.3 is 5.97 Å². The molecule has 1 aromatic rings. The molecule has 3 nitrogen and oxygen atoms in total. The summed E-state index contributed by atoms with van der Waals surface area (Å²) >= 11 is 0. The van der Waals surface area contributed by atoms with Gasteiger partial charge in [-0.3, -0.25) is 0 Å². The van der Waals surface area contributed by atoms with E-state index in [9.17, 15) is 9.90 Å². The molecule has 1 atom stereocenters. The largest absolute Gasteiger partial charge is 0.479 e. The van der Waals surface area contributed by atoms with Crippen LogP contribution in [-0.2, 0) is 21.6 Å². The molecular weight excluding hydrogens is 228 g/mol. The van der Waals surface area contributed by atoms with E-state index in [1.807, 2.05) is 38.1 Å². The molecule has 0 saturated heterocycles. The Balaban J connectivity index is 2.54. The molecular formula is C15H20O3. The van der Waals surface area contributed by atoms with Crippen molar-refractivity contribution >= 4 is 5.97 Å². The van der Waals surface area contributed by atoms with Crippen LogP contribution in [0.2, 0.25) is 0 Å². The minimum atomic E-state index is -1.17. The van der Waals surface area contributed by atoms with E-state index < -0.39 is 11.6 Å². The molecule has 0 heterocycles. The zero-order valence-electron chi connectivity index (χ0n) is 11.0. The number of rotatable bonds is 3. The molecule has 0 bridgehead atoms. The molecule has 2 rings (SSSR count). The Bertz CT molecular complexity index is 439. The quantitative estimate of drug-likeness (QED) is 0.836. The summed E-state index contributed by atoms with van der Waals surface area (Å²) in [5.74, 6) is -0.870. The molecule has 0 fully saturated rings. The lowest BCUT2D eigenvalue weighted by molar-refractivity contribution is -0.175. The number of benzene rings is 1. The summed E-state index contributed by atoms with van der Waals surface area (Å²) in [5, 5.41) is 9.68. The first kappa shape index (κ1) is 13.1. The number of aryl methyl sites for hydroxylation is 1. The van der Waals surface area contributed by atoms with Crippen molar-refractivity contribution in [3.8, 4) is 0 Å². The number of aliphatic carboxylic acids is 1. The van der Waals surface area contributed by atoms with Gasteiger partial charge in [-0.15, -0.1) is 0 Å². The molecule has 1 aromatic carbocycles. The van der Waals surface area contributed by atoms with Crippen molar-refractivity contribution in [3.63, 3.8) is 0 Å². The number of carboxylic acid groups (broad SMARTS) is 1. The Morgan fingerprint density at radius 3 is 2.72 bits per heavy atom. The fourth-order valence-corrected chi connectivity index (χ4v) is 2.75. The number of ether oxygens (including phenoxy) is 1. The van der Waals surface area contributed by atoms with Gasteiger partial charge in [-0.25, -0.2) is 4.79 Å². The van der Waals surface area contributed by atoms with Crippen LogP contribution in [0.25, 0.3) is 0 Å². The molecule has 1 aliphatic rings. The average molecular weight is 248 g/mol. The van der Waals surface area contributed by atoms with E-state index in [4.69, 9.17) is 4.74 Å². The van der Waals surface area contributed by atoms with E-state index in [1.165, 1.54) is 0 Å². The first-order valence-corrected chi connectivity index (χ1v) is 6.56. The van der Waals surface area contributed by atoms with Gasteiger partial charge in [0, 0.05) is 0 Å². The highest BCUT2D eigenvalue weighted by molar-refractivity contribution is 5.80. The number of hydrogen-bond donors (Lipinski definition) is 1. The SMILES string of the molecule is CC(C)OC1(C(=O)O)CCCCc2ccccc21. The lowest BCUT2D eigenvalue weighted by atomic mass is 9.87. The monoisotopic (exact) mass is 248 g/mol. The van der Waals surface area contributed by atoms with Crippen molar-refractivity contribution in [2.45, 2.75) is 51.2 Å². The number of fused-ring (bicyclic) bond motifs is 1. The topological polar surface area (TPSA) is 46.5 Å². The number of carbonyl (C=O) groups is 1. The maximum Gasteiger partial charge on any atom is 0.340 e. The van der Waals surface area contributed by atoms with Crippen molar-refractivity contribution < 1.29 is 14.6 Å². The molecule has 3 heteroatoms. The van der Waals surface area contributed by atoms with Gasteiger partial charge in [0.25, 0.3) is 0 Å². The summed E-state index contributed by atoms with van der Waals surface area (Å²) in [7, 11) is 0. The fourth-order valence-electron chi connectivity index (χ4n) is 2.75. The second-order valence-electron chi connectivity index (χ2n) is 5.16. The van der Waals surface area contributed by atoms with Gasteiger partial charge in [-0.05, 0) is 50.7 Å². The fraction of sp³-hybridized carbons (Fsp3) is 0.533. The third kappa shape index (κ3) is 2.27. The summed E-state index contributed by atoms with van der Waals surface area (Å²) < 4.78 is 5.85. The number of carboxylic acids is 1. The smallest absolute Gasteiger partial charge is 0.340 e. The third-order valence-corrected chi connectivity index (χ3v) is 3.46. The van der Waals surface area contributed by atoms with E-state index in [0.29, 0.717) is 6.42 Å². The molecule has 1 N–H and O–H groups in total. The highest BCUT2D eigenvalue weighted by Crippen LogP contribution is 2.38. The van der Waals surface area contributed by atoms with Gasteiger partial charge in [0.1, 0.15) is 0 Å². The third-order valence-electron chi connectivity index (χ3n) is 3.46. The minimum absolute atomic E-state index is 0.104. The van der Waals surface area contributed by atoms with E-state index in [1.54, 1.807) is 0 Å². The van der Waals surface area contributed by atoms with Gasteiger partial charge in [-0.2, -0.15) is 0 Å².